The first kappa shape index (κ1) is 23.8. The second-order valence-electron chi connectivity index (χ2n) is 9.22. The highest BCUT2D eigenvalue weighted by Gasteiger charge is 2.33. The van der Waals surface area contributed by atoms with Crippen molar-refractivity contribution < 1.29 is 24.2 Å². The number of alkyl carbamates (subject to hydrolysis) is 1. The molecule has 2 aromatic rings. The third kappa shape index (κ3) is 5.24. The summed E-state index contributed by atoms with van der Waals surface area (Å²) >= 11 is 0. The van der Waals surface area contributed by atoms with Crippen molar-refractivity contribution in [2.75, 3.05) is 6.61 Å². The first-order valence-electron chi connectivity index (χ1n) is 12.1. The van der Waals surface area contributed by atoms with Crippen LogP contribution in [0.3, 0.4) is 0 Å². The van der Waals surface area contributed by atoms with Crippen molar-refractivity contribution in [2.24, 2.45) is 5.92 Å². The number of carbonyl (C=O) groups excluding carboxylic acids is 2. The maximum Gasteiger partial charge on any atom is 0.407 e. The van der Waals surface area contributed by atoms with Crippen LogP contribution in [0.1, 0.15) is 62.5 Å². The van der Waals surface area contributed by atoms with Gasteiger partial charge in [0.1, 0.15) is 12.6 Å². The molecule has 0 saturated heterocycles. The maximum atomic E-state index is 12.9. The Morgan fingerprint density at radius 2 is 1.68 bits per heavy atom. The molecule has 0 aromatic heterocycles. The molecule has 4 rings (SSSR count). The molecule has 2 amide bonds. The van der Waals surface area contributed by atoms with Gasteiger partial charge in [0.25, 0.3) is 0 Å². The van der Waals surface area contributed by atoms with Crippen LogP contribution in [0.25, 0.3) is 11.1 Å². The second-order valence-corrected chi connectivity index (χ2v) is 9.22. The van der Waals surface area contributed by atoms with Gasteiger partial charge in [-0.05, 0) is 47.9 Å². The highest BCUT2D eigenvalue weighted by Crippen LogP contribution is 2.44. The molecule has 34 heavy (non-hydrogen) atoms. The minimum Gasteiger partial charge on any atom is -0.481 e. The number of benzene rings is 2. The minimum absolute atomic E-state index is 0.0486. The Morgan fingerprint density at radius 3 is 2.26 bits per heavy atom. The summed E-state index contributed by atoms with van der Waals surface area (Å²) in [5.41, 5.74) is 4.57. The summed E-state index contributed by atoms with van der Waals surface area (Å²) in [7, 11) is 0. The predicted molar refractivity (Wildman–Crippen MR) is 128 cm³/mol. The molecule has 0 heterocycles. The van der Waals surface area contributed by atoms with Gasteiger partial charge in [0, 0.05) is 12.0 Å². The fourth-order valence-corrected chi connectivity index (χ4v) is 5.10. The van der Waals surface area contributed by atoms with Crippen molar-refractivity contribution in [2.45, 2.75) is 63.5 Å². The summed E-state index contributed by atoms with van der Waals surface area (Å²) < 4.78 is 5.61. The molecular weight excluding hydrogens is 432 g/mol. The van der Waals surface area contributed by atoms with E-state index in [2.05, 4.69) is 34.9 Å². The van der Waals surface area contributed by atoms with Gasteiger partial charge in [0.05, 0.1) is 5.92 Å². The Labute approximate surface area is 199 Å². The van der Waals surface area contributed by atoms with Crippen LogP contribution >= 0.6 is 0 Å². The molecule has 7 nitrogen and oxygen atoms in total. The molecule has 3 atom stereocenters. The zero-order chi connectivity index (χ0) is 24.1. The summed E-state index contributed by atoms with van der Waals surface area (Å²) in [5.74, 6) is -1.57. The lowest BCUT2D eigenvalue weighted by molar-refractivity contribution is -0.141. The average Bonchev–Trinajstić information content (AvgIpc) is 3.43. The lowest BCUT2D eigenvalue weighted by Crippen LogP contribution is -2.49. The molecule has 0 aliphatic heterocycles. The fourth-order valence-electron chi connectivity index (χ4n) is 5.10. The number of amides is 2. The molecule has 2 aromatic carbocycles. The molecule has 0 bridgehead atoms. The molecule has 3 N–H and O–H groups in total. The highest BCUT2D eigenvalue weighted by molar-refractivity contribution is 5.86. The smallest absolute Gasteiger partial charge is 0.407 e. The van der Waals surface area contributed by atoms with Crippen molar-refractivity contribution in [3.8, 4) is 11.1 Å². The first-order chi connectivity index (χ1) is 16.5. The Bertz CT molecular complexity index is 1010. The van der Waals surface area contributed by atoms with E-state index in [-0.39, 0.29) is 24.5 Å². The first-order valence-corrected chi connectivity index (χ1v) is 12.1. The van der Waals surface area contributed by atoms with E-state index in [0.717, 1.165) is 35.1 Å². The number of carboxylic acid groups (broad SMARTS) is 1. The Balaban J connectivity index is 1.36. The monoisotopic (exact) mass is 464 g/mol. The van der Waals surface area contributed by atoms with Crippen molar-refractivity contribution in [3.63, 3.8) is 0 Å². The molecule has 1 fully saturated rings. The standard InChI is InChI=1S/C27H32N2O5/c1-2-3-12-24(25(30)28-18-14-13-17(15-18)26(31)32)29-27(33)34-16-23-21-10-6-4-8-19(21)20-9-5-7-11-22(20)23/h4-11,17-18,23-24H,2-3,12-16H2,1H3,(H,28,30)(H,29,33)(H,31,32)/t17-,18+,24?/m1/s1. The van der Waals surface area contributed by atoms with Gasteiger partial charge in [-0.25, -0.2) is 4.79 Å². The lowest BCUT2D eigenvalue weighted by Gasteiger charge is -2.21. The predicted octanol–water partition coefficient (Wildman–Crippen LogP) is 4.45. The number of rotatable bonds is 9. The molecule has 1 saturated carbocycles. The summed E-state index contributed by atoms with van der Waals surface area (Å²) in [6, 6.07) is 15.4. The van der Waals surface area contributed by atoms with Crippen LogP contribution in [-0.2, 0) is 14.3 Å². The van der Waals surface area contributed by atoms with Crippen LogP contribution in [0.2, 0.25) is 0 Å². The van der Waals surface area contributed by atoms with Crippen LogP contribution in [0.4, 0.5) is 4.79 Å². The number of fused-ring (bicyclic) bond motifs is 3. The largest absolute Gasteiger partial charge is 0.481 e. The van der Waals surface area contributed by atoms with E-state index in [9.17, 15) is 19.5 Å². The SMILES string of the molecule is CCCCC(NC(=O)OCC1c2ccccc2-c2ccccc21)C(=O)N[C@H]1CC[C@@H](C(=O)O)C1. The van der Waals surface area contributed by atoms with Gasteiger partial charge in [-0.2, -0.15) is 0 Å². The van der Waals surface area contributed by atoms with Crippen molar-refractivity contribution >= 4 is 18.0 Å². The normalized spacial score (nSPS) is 19.7. The Hall–Kier alpha value is -3.35. The van der Waals surface area contributed by atoms with Crippen LogP contribution in [0.5, 0.6) is 0 Å². The molecule has 7 heteroatoms. The Morgan fingerprint density at radius 1 is 1.03 bits per heavy atom. The molecule has 2 aliphatic carbocycles. The number of carbonyl (C=O) groups is 3. The maximum absolute atomic E-state index is 12.9. The third-order valence-electron chi connectivity index (χ3n) is 6.93. The summed E-state index contributed by atoms with van der Waals surface area (Å²) in [5, 5.41) is 14.9. The molecule has 2 aliphatic rings. The molecular formula is C27H32N2O5. The van der Waals surface area contributed by atoms with E-state index in [1.807, 2.05) is 31.2 Å². The molecule has 0 radical (unpaired) electrons. The number of unbranched alkanes of at least 4 members (excludes halogenated alkanes) is 1. The van der Waals surface area contributed by atoms with Gasteiger partial charge in [0.2, 0.25) is 5.91 Å². The topological polar surface area (TPSA) is 105 Å². The van der Waals surface area contributed by atoms with Crippen molar-refractivity contribution in [1.82, 2.24) is 10.6 Å². The number of ether oxygens (including phenoxy) is 1. The van der Waals surface area contributed by atoms with Gasteiger partial charge in [-0.1, -0.05) is 68.3 Å². The minimum atomic E-state index is -0.823. The van der Waals surface area contributed by atoms with Gasteiger partial charge in [-0.3, -0.25) is 9.59 Å². The lowest BCUT2D eigenvalue weighted by atomic mass is 9.98. The quantitative estimate of drug-likeness (QED) is 0.508. The number of aliphatic carboxylic acids is 1. The van der Waals surface area contributed by atoms with E-state index in [1.54, 1.807) is 0 Å². The number of hydrogen-bond acceptors (Lipinski definition) is 4. The van der Waals surface area contributed by atoms with Crippen LogP contribution in [0, 0.1) is 5.92 Å². The van der Waals surface area contributed by atoms with Crippen LogP contribution in [-0.4, -0.2) is 41.8 Å². The zero-order valence-electron chi connectivity index (χ0n) is 19.5. The molecule has 1 unspecified atom stereocenters. The summed E-state index contributed by atoms with van der Waals surface area (Å²) in [6.07, 6.45) is 3.17. The Kier molecular flexibility index (Phi) is 7.50. The fraction of sp³-hybridized carbons (Fsp3) is 0.444. The molecule has 0 spiro atoms. The van der Waals surface area contributed by atoms with Gasteiger partial charge in [-0.15, -0.1) is 0 Å². The van der Waals surface area contributed by atoms with Crippen LogP contribution in [0.15, 0.2) is 48.5 Å². The molecule has 180 valence electrons. The number of hydrogen-bond donors (Lipinski definition) is 3. The summed E-state index contributed by atoms with van der Waals surface area (Å²) in [4.78, 5) is 36.8. The number of carboxylic acids is 1. The third-order valence-corrected chi connectivity index (χ3v) is 6.93. The highest BCUT2D eigenvalue weighted by atomic mass is 16.5. The van der Waals surface area contributed by atoms with E-state index in [0.29, 0.717) is 25.7 Å². The van der Waals surface area contributed by atoms with Gasteiger partial charge >= 0.3 is 12.1 Å². The summed E-state index contributed by atoms with van der Waals surface area (Å²) in [6.45, 7) is 2.21. The van der Waals surface area contributed by atoms with E-state index in [4.69, 9.17) is 4.74 Å². The van der Waals surface area contributed by atoms with Crippen molar-refractivity contribution in [3.05, 3.63) is 59.7 Å². The van der Waals surface area contributed by atoms with E-state index >= 15 is 0 Å². The van der Waals surface area contributed by atoms with Gasteiger partial charge < -0.3 is 20.5 Å². The van der Waals surface area contributed by atoms with Crippen LogP contribution < -0.4 is 10.6 Å². The zero-order valence-corrected chi connectivity index (χ0v) is 19.5. The number of nitrogens with one attached hydrogen (secondary N) is 2. The van der Waals surface area contributed by atoms with E-state index in [1.165, 1.54) is 0 Å². The second kappa shape index (κ2) is 10.7. The van der Waals surface area contributed by atoms with Crippen molar-refractivity contribution in [1.29, 1.82) is 0 Å². The van der Waals surface area contributed by atoms with Gasteiger partial charge in [0.15, 0.2) is 0 Å². The van der Waals surface area contributed by atoms with E-state index < -0.39 is 24.0 Å². The average molecular weight is 465 g/mol.